The van der Waals surface area contributed by atoms with Gasteiger partial charge >= 0.3 is 0 Å². The van der Waals surface area contributed by atoms with Crippen LogP contribution in [0.25, 0.3) is 0 Å². The smallest absolute Gasteiger partial charge is 0.264 e. The summed E-state index contributed by atoms with van der Waals surface area (Å²) in [4.78, 5) is 12.8. The summed E-state index contributed by atoms with van der Waals surface area (Å²) in [6.45, 7) is -0.125. The van der Waals surface area contributed by atoms with Crippen molar-refractivity contribution in [3.8, 4) is 5.75 Å². The van der Waals surface area contributed by atoms with Gasteiger partial charge in [0.25, 0.3) is 15.9 Å². The molecule has 1 amide bonds. The second kappa shape index (κ2) is 13.3. The number of hydrogen-bond acceptors (Lipinski definition) is 5. The normalized spacial score (nSPS) is 11.4. The summed E-state index contributed by atoms with van der Waals surface area (Å²) in [5.41, 5.74) is 4.37. The highest BCUT2D eigenvalue weighted by molar-refractivity contribution is 14.1. The summed E-state index contributed by atoms with van der Waals surface area (Å²) in [5.74, 6) is 0.0485. The Balaban J connectivity index is 1.38. The van der Waals surface area contributed by atoms with Crippen molar-refractivity contribution in [2.45, 2.75) is 11.5 Å². The predicted molar refractivity (Wildman–Crippen MR) is 163 cm³/mol. The van der Waals surface area contributed by atoms with E-state index in [1.807, 2.05) is 6.07 Å². The van der Waals surface area contributed by atoms with Gasteiger partial charge in [0, 0.05) is 3.57 Å². The van der Waals surface area contributed by atoms with Gasteiger partial charge in [0.05, 0.1) is 26.8 Å². The van der Waals surface area contributed by atoms with Crippen molar-refractivity contribution in [3.05, 3.63) is 122 Å². The Morgan fingerprint density at radius 3 is 2.28 bits per heavy atom. The molecule has 1 N–H and O–H groups in total. The standard InChI is InChI=1S/C28H22Cl2IN3O4S/c29-26-15-8-21(16-27(26)30)19-38-24-13-6-20(7-14-24)17-32-33-28(35)18-34(23-11-9-22(31)10-12-23)39(36,37)25-4-2-1-3-5-25/h1-17H,18-19H2,(H,33,35)/b32-17-. The van der Waals surface area contributed by atoms with E-state index >= 15 is 0 Å². The van der Waals surface area contributed by atoms with Crippen molar-refractivity contribution in [2.24, 2.45) is 5.10 Å². The van der Waals surface area contributed by atoms with Crippen molar-refractivity contribution in [3.63, 3.8) is 0 Å². The van der Waals surface area contributed by atoms with Crippen LogP contribution < -0.4 is 14.5 Å². The van der Waals surface area contributed by atoms with Crippen molar-refractivity contribution in [2.75, 3.05) is 10.8 Å². The lowest BCUT2D eigenvalue weighted by Gasteiger charge is -2.23. The molecule has 0 saturated heterocycles. The maximum absolute atomic E-state index is 13.3. The molecule has 0 unspecified atom stereocenters. The van der Waals surface area contributed by atoms with Gasteiger partial charge in [0.15, 0.2) is 0 Å². The number of benzene rings is 4. The Labute approximate surface area is 250 Å². The van der Waals surface area contributed by atoms with Crippen LogP contribution in [0.1, 0.15) is 11.1 Å². The summed E-state index contributed by atoms with van der Waals surface area (Å²) in [6, 6.07) is 27.2. The number of anilines is 1. The number of carbonyl (C=O) groups is 1. The Kier molecular flexibility index (Phi) is 9.84. The fourth-order valence-corrected chi connectivity index (χ4v) is 5.56. The van der Waals surface area contributed by atoms with Gasteiger partial charge in [-0.05, 0) is 107 Å². The van der Waals surface area contributed by atoms with E-state index in [-0.39, 0.29) is 4.90 Å². The van der Waals surface area contributed by atoms with Crippen LogP contribution in [0.2, 0.25) is 10.0 Å². The number of carbonyl (C=O) groups excluding carboxylic acids is 1. The van der Waals surface area contributed by atoms with Crippen LogP contribution in [-0.4, -0.2) is 27.1 Å². The van der Waals surface area contributed by atoms with E-state index < -0.39 is 22.5 Å². The molecule has 0 fully saturated rings. The number of hydrazone groups is 1. The van der Waals surface area contributed by atoms with Crippen LogP contribution in [0.4, 0.5) is 5.69 Å². The number of rotatable bonds is 10. The molecular weight excluding hydrogens is 672 g/mol. The number of amides is 1. The number of nitrogens with zero attached hydrogens (tertiary/aromatic N) is 2. The Morgan fingerprint density at radius 2 is 1.62 bits per heavy atom. The van der Waals surface area contributed by atoms with Crippen LogP contribution in [-0.2, 0) is 21.4 Å². The Hall–Kier alpha value is -3.12. The molecule has 0 aromatic heterocycles. The van der Waals surface area contributed by atoms with E-state index in [1.54, 1.807) is 78.9 Å². The first-order chi connectivity index (χ1) is 18.7. The Bertz CT molecular complexity index is 1570. The quantitative estimate of drug-likeness (QED) is 0.116. The first kappa shape index (κ1) is 28.9. The highest BCUT2D eigenvalue weighted by atomic mass is 127. The van der Waals surface area contributed by atoms with Crippen LogP contribution in [0.15, 0.2) is 107 Å². The minimum absolute atomic E-state index is 0.0846. The van der Waals surface area contributed by atoms with Gasteiger partial charge in [-0.1, -0.05) is 47.5 Å². The molecule has 4 rings (SSSR count). The third kappa shape index (κ3) is 7.95. The van der Waals surface area contributed by atoms with Crippen molar-refractivity contribution >= 4 is 73.6 Å². The SMILES string of the molecule is O=C(CN(c1ccc(I)cc1)S(=O)(=O)c1ccccc1)N/N=C\c1ccc(OCc2ccc(Cl)c(Cl)c2)cc1. The van der Waals surface area contributed by atoms with Gasteiger partial charge in [0.1, 0.15) is 18.9 Å². The van der Waals surface area contributed by atoms with Gasteiger partial charge < -0.3 is 4.74 Å². The van der Waals surface area contributed by atoms with E-state index in [4.69, 9.17) is 27.9 Å². The molecule has 0 radical (unpaired) electrons. The zero-order valence-electron chi connectivity index (χ0n) is 20.3. The summed E-state index contributed by atoms with van der Waals surface area (Å²) < 4.78 is 34.4. The average molecular weight is 694 g/mol. The van der Waals surface area contributed by atoms with Crippen molar-refractivity contribution in [1.29, 1.82) is 0 Å². The highest BCUT2D eigenvalue weighted by Gasteiger charge is 2.27. The molecule has 0 heterocycles. The minimum Gasteiger partial charge on any atom is -0.489 e. The van der Waals surface area contributed by atoms with E-state index in [0.29, 0.717) is 33.7 Å². The average Bonchev–Trinajstić information content (AvgIpc) is 2.94. The fourth-order valence-electron chi connectivity index (χ4n) is 3.43. The Morgan fingerprint density at radius 1 is 0.923 bits per heavy atom. The summed E-state index contributed by atoms with van der Waals surface area (Å²) >= 11 is 14.1. The van der Waals surface area contributed by atoms with Gasteiger partial charge in [-0.25, -0.2) is 13.8 Å². The van der Waals surface area contributed by atoms with E-state index in [2.05, 4.69) is 33.1 Å². The molecule has 11 heteroatoms. The van der Waals surface area contributed by atoms with Crippen molar-refractivity contribution in [1.82, 2.24) is 5.43 Å². The zero-order chi connectivity index (χ0) is 27.8. The fraction of sp³-hybridized carbons (Fsp3) is 0.0714. The molecule has 4 aromatic carbocycles. The maximum Gasteiger partial charge on any atom is 0.264 e. The third-order valence-electron chi connectivity index (χ3n) is 5.41. The second-order valence-corrected chi connectivity index (χ2v) is 12.1. The van der Waals surface area contributed by atoms with E-state index in [1.165, 1.54) is 18.3 Å². The molecular formula is C28H22Cl2IN3O4S. The van der Waals surface area contributed by atoms with Crippen LogP contribution in [0.3, 0.4) is 0 Å². The molecule has 4 aromatic rings. The lowest BCUT2D eigenvalue weighted by molar-refractivity contribution is -0.119. The highest BCUT2D eigenvalue weighted by Crippen LogP contribution is 2.25. The minimum atomic E-state index is -3.98. The largest absolute Gasteiger partial charge is 0.489 e. The molecule has 0 aliphatic heterocycles. The van der Waals surface area contributed by atoms with Crippen molar-refractivity contribution < 1.29 is 17.9 Å². The summed E-state index contributed by atoms with van der Waals surface area (Å²) in [5, 5.41) is 4.93. The number of ether oxygens (including phenoxy) is 1. The first-order valence-electron chi connectivity index (χ1n) is 11.5. The van der Waals surface area contributed by atoms with E-state index in [9.17, 15) is 13.2 Å². The molecule has 200 valence electrons. The second-order valence-electron chi connectivity index (χ2n) is 8.20. The van der Waals surface area contributed by atoms with Crippen LogP contribution in [0.5, 0.6) is 5.75 Å². The molecule has 0 aliphatic carbocycles. The zero-order valence-corrected chi connectivity index (χ0v) is 24.8. The maximum atomic E-state index is 13.3. The molecule has 0 spiro atoms. The van der Waals surface area contributed by atoms with Crippen LogP contribution >= 0.6 is 45.8 Å². The molecule has 39 heavy (non-hydrogen) atoms. The number of nitrogens with one attached hydrogen (secondary N) is 1. The summed E-state index contributed by atoms with van der Waals surface area (Å²) in [7, 11) is -3.98. The first-order valence-corrected chi connectivity index (χ1v) is 14.8. The van der Waals surface area contributed by atoms with Gasteiger partial charge in [-0.3, -0.25) is 9.10 Å². The monoisotopic (exact) mass is 693 g/mol. The predicted octanol–water partition coefficient (Wildman–Crippen LogP) is 6.52. The van der Waals surface area contributed by atoms with Gasteiger partial charge in [-0.2, -0.15) is 5.10 Å². The topological polar surface area (TPSA) is 88.1 Å². The van der Waals surface area contributed by atoms with Crippen LogP contribution in [0, 0.1) is 3.57 Å². The summed E-state index contributed by atoms with van der Waals surface area (Å²) in [6.07, 6.45) is 1.46. The number of halogens is 3. The number of hydrogen-bond donors (Lipinski definition) is 1. The number of sulfonamides is 1. The molecule has 7 nitrogen and oxygen atoms in total. The van der Waals surface area contributed by atoms with Gasteiger partial charge in [-0.15, -0.1) is 0 Å². The lowest BCUT2D eigenvalue weighted by atomic mass is 10.2. The molecule has 0 bridgehead atoms. The lowest BCUT2D eigenvalue weighted by Crippen LogP contribution is -2.39. The third-order valence-corrected chi connectivity index (χ3v) is 8.65. The molecule has 0 aliphatic rings. The molecule has 0 atom stereocenters. The van der Waals surface area contributed by atoms with Gasteiger partial charge in [0.2, 0.25) is 0 Å². The molecule has 0 saturated carbocycles. The van der Waals surface area contributed by atoms with E-state index in [0.717, 1.165) is 13.4 Å².